The normalized spacial score (nSPS) is 21.3. The van der Waals surface area contributed by atoms with E-state index in [2.05, 4.69) is 46.1 Å². The number of fused-ring (bicyclic) bond motifs is 2. The van der Waals surface area contributed by atoms with Gasteiger partial charge in [-0.15, -0.1) is 0 Å². The van der Waals surface area contributed by atoms with Crippen LogP contribution in [0.2, 0.25) is 0 Å². The number of sulfonamides is 1. The van der Waals surface area contributed by atoms with Gasteiger partial charge in [-0.3, -0.25) is 14.5 Å². The molecular formula is C22H30N4O4S. The number of carbonyl (C=O) groups excluding carboxylic acids is 1. The predicted octanol–water partition coefficient (Wildman–Crippen LogP) is 1.76. The van der Waals surface area contributed by atoms with Crippen molar-refractivity contribution >= 4 is 32.4 Å². The molecule has 1 amide bonds. The summed E-state index contributed by atoms with van der Waals surface area (Å²) in [6, 6.07) is 6.33. The van der Waals surface area contributed by atoms with Crippen LogP contribution >= 0.6 is 0 Å². The lowest BCUT2D eigenvalue weighted by atomic mass is 9.79. The van der Waals surface area contributed by atoms with Crippen LogP contribution in [0.5, 0.6) is 0 Å². The van der Waals surface area contributed by atoms with Crippen LogP contribution in [0.15, 0.2) is 30.5 Å². The number of aromatic nitrogens is 1. The Kier molecular flexibility index (Phi) is 5.95. The quantitative estimate of drug-likeness (QED) is 0.499. The number of hydrogen-bond acceptors (Lipinski definition) is 5. The van der Waals surface area contributed by atoms with E-state index >= 15 is 0 Å². The molecular weight excluding hydrogens is 416 g/mol. The van der Waals surface area contributed by atoms with Crippen molar-refractivity contribution in [1.29, 1.82) is 0 Å². The highest BCUT2D eigenvalue weighted by molar-refractivity contribution is 7.88. The van der Waals surface area contributed by atoms with E-state index in [-0.39, 0.29) is 37.1 Å². The molecule has 1 aliphatic heterocycles. The number of aromatic amines is 1. The summed E-state index contributed by atoms with van der Waals surface area (Å²) in [5.41, 5.74) is 4.80. The molecule has 0 saturated heterocycles. The minimum absolute atomic E-state index is 0.0881. The van der Waals surface area contributed by atoms with Crippen molar-refractivity contribution < 1.29 is 18.0 Å². The molecule has 8 nitrogen and oxygen atoms in total. The molecule has 1 aliphatic carbocycles. The van der Waals surface area contributed by atoms with Gasteiger partial charge in [0.15, 0.2) is 0 Å². The van der Waals surface area contributed by atoms with Crippen molar-refractivity contribution in [1.82, 2.24) is 19.7 Å². The molecule has 168 valence electrons. The van der Waals surface area contributed by atoms with Gasteiger partial charge in [0.05, 0.1) is 24.8 Å². The third-order valence-corrected chi connectivity index (χ3v) is 6.70. The Balaban J connectivity index is 1.57. The molecule has 0 saturated carbocycles. The summed E-state index contributed by atoms with van der Waals surface area (Å²) >= 11 is 0. The molecule has 2 aliphatic rings. The van der Waals surface area contributed by atoms with E-state index in [1.54, 1.807) is 0 Å². The maximum atomic E-state index is 13.4. The largest absolute Gasteiger partial charge is 0.361 e. The van der Waals surface area contributed by atoms with Crippen LogP contribution in [0.4, 0.5) is 0 Å². The van der Waals surface area contributed by atoms with E-state index in [1.807, 2.05) is 19.9 Å². The van der Waals surface area contributed by atoms with Gasteiger partial charge >= 0.3 is 0 Å². The Morgan fingerprint density at radius 1 is 1.39 bits per heavy atom. The lowest BCUT2D eigenvalue weighted by molar-refractivity contribution is -0.199. The van der Waals surface area contributed by atoms with Crippen molar-refractivity contribution in [2.24, 2.45) is 5.92 Å². The summed E-state index contributed by atoms with van der Waals surface area (Å²) in [7, 11) is -1.23. The summed E-state index contributed by atoms with van der Waals surface area (Å²) in [5, 5.41) is 2.63. The maximum absolute atomic E-state index is 13.4. The monoisotopic (exact) mass is 446 g/mol. The predicted molar refractivity (Wildman–Crippen MR) is 121 cm³/mol. The lowest BCUT2D eigenvalue weighted by Crippen LogP contribution is -2.49. The minimum Gasteiger partial charge on any atom is -0.361 e. The van der Waals surface area contributed by atoms with Crippen molar-refractivity contribution in [3.8, 4) is 0 Å². The van der Waals surface area contributed by atoms with Gasteiger partial charge in [0.2, 0.25) is 10.0 Å². The fourth-order valence-electron chi connectivity index (χ4n) is 4.61. The Morgan fingerprint density at radius 2 is 2.16 bits per heavy atom. The Hall–Kier alpha value is -2.20. The number of benzene rings is 1. The van der Waals surface area contributed by atoms with Gasteiger partial charge in [-0.05, 0) is 50.1 Å². The average Bonchev–Trinajstić information content (AvgIpc) is 3.11. The molecule has 0 fully saturated rings. The lowest BCUT2D eigenvalue weighted by Gasteiger charge is -2.40. The smallest absolute Gasteiger partial charge is 0.254 e. The van der Waals surface area contributed by atoms with Crippen LogP contribution in [-0.2, 0) is 26.1 Å². The number of carbonyl (C=O) groups is 1. The Morgan fingerprint density at radius 3 is 2.87 bits per heavy atom. The summed E-state index contributed by atoms with van der Waals surface area (Å²) < 4.78 is 24.9. The third-order valence-electron chi connectivity index (χ3n) is 5.97. The number of rotatable bonds is 7. The number of nitrogens with zero attached hydrogens (tertiary/aromatic N) is 2. The fourth-order valence-corrected chi connectivity index (χ4v) is 5.06. The van der Waals surface area contributed by atoms with Gasteiger partial charge in [-0.25, -0.2) is 18.2 Å². The molecule has 9 heteroatoms. The van der Waals surface area contributed by atoms with E-state index in [1.165, 1.54) is 27.1 Å². The highest BCUT2D eigenvalue weighted by Gasteiger charge is 2.37. The number of likely N-dealkylation sites (N-methyl/N-ethyl adjacent to an activating group) is 1. The molecule has 1 aromatic carbocycles. The Labute approximate surface area is 183 Å². The second-order valence-electron chi connectivity index (χ2n) is 8.69. The van der Waals surface area contributed by atoms with Crippen LogP contribution in [0, 0.1) is 5.92 Å². The van der Waals surface area contributed by atoms with Gasteiger partial charge in [-0.1, -0.05) is 18.2 Å². The first-order valence-electron chi connectivity index (χ1n) is 10.6. The number of hydrogen-bond donors (Lipinski definition) is 2. The molecule has 0 spiro atoms. The molecule has 0 unspecified atom stereocenters. The maximum Gasteiger partial charge on any atom is 0.254 e. The summed E-state index contributed by atoms with van der Waals surface area (Å²) in [5.74, 6) is -0.448. The van der Waals surface area contributed by atoms with Gasteiger partial charge in [0, 0.05) is 36.2 Å². The first kappa shape index (κ1) is 22.0. The molecule has 2 heterocycles. The second-order valence-corrected chi connectivity index (χ2v) is 10.5. The molecule has 0 radical (unpaired) electrons. The molecule has 0 bridgehead atoms. The van der Waals surface area contributed by atoms with Crippen LogP contribution in [-0.4, -0.2) is 74.4 Å². The van der Waals surface area contributed by atoms with Crippen LogP contribution < -0.4 is 4.72 Å². The minimum atomic E-state index is -3.29. The zero-order valence-corrected chi connectivity index (χ0v) is 19.2. The summed E-state index contributed by atoms with van der Waals surface area (Å²) in [4.78, 5) is 24.7. The summed E-state index contributed by atoms with van der Waals surface area (Å²) in [6.45, 7) is 4.58. The van der Waals surface area contributed by atoms with E-state index in [4.69, 9.17) is 4.84 Å². The van der Waals surface area contributed by atoms with Crippen molar-refractivity contribution in [2.45, 2.75) is 32.4 Å². The van der Waals surface area contributed by atoms with E-state index in [9.17, 15) is 13.2 Å². The van der Waals surface area contributed by atoms with Crippen molar-refractivity contribution in [3.63, 3.8) is 0 Å². The van der Waals surface area contributed by atoms with Gasteiger partial charge in [0.1, 0.15) is 0 Å². The highest BCUT2D eigenvalue weighted by Crippen LogP contribution is 2.41. The van der Waals surface area contributed by atoms with Gasteiger partial charge in [0.25, 0.3) is 5.91 Å². The zero-order chi connectivity index (χ0) is 22.3. The fraction of sp³-hybridized carbons (Fsp3) is 0.500. The standard InChI is InChI=1S/C22H30N4O4S/c1-14(2)26(30-9-8-24-31(4,28)29)22(27)16-10-18-17-6-5-7-19-21(17)15(12-23-19)11-20(18)25(3)13-16/h5-7,10,12,14,16,20,23-24H,8-9,11,13H2,1-4H3/t16-,20-/m1/s1. The number of nitrogens with one attached hydrogen (secondary N) is 2. The topological polar surface area (TPSA) is 94.7 Å². The Bertz CT molecular complexity index is 1120. The molecule has 2 aromatic rings. The highest BCUT2D eigenvalue weighted by atomic mass is 32.2. The molecule has 4 rings (SSSR count). The molecule has 31 heavy (non-hydrogen) atoms. The number of amides is 1. The number of H-pyrrole nitrogens is 1. The third kappa shape index (κ3) is 4.41. The van der Waals surface area contributed by atoms with Crippen molar-refractivity contribution in [2.75, 3.05) is 33.0 Å². The van der Waals surface area contributed by atoms with E-state index < -0.39 is 10.0 Å². The first-order valence-corrected chi connectivity index (χ1v) is 12.5. The van der Waals surface area contributed by atoms with Gasteiger partial charge in [-0.2, -0.15) is 0 Å². The average molecular weight is 447 g/mol. The van der Waals surface area contributed by atoms with Crippen LogP contribution in [0.25, 0.3) is 16.5 Å². The van der Waals surface area contributed by atoms with Crippen LogP contribution in [0.1, 0.15) is 25.0 Å². The van der Waals surface area contributed by atoms with E-state index in [0.717, 1.165) is 18.2 Å². The zero-order valence-electron chi connectivity index (χ0n) is 18.4. The number of hydroxylamine groups is 2. The van der Waals surface area contributed by atoms with Crippen molar-refractivity contribution in [3.05, 3.63) is 41.6 Å². The summed E-state index contributed by atoms with van der Waals surface area (Å²) in [6.07, 6.45) is 6.21. The first-order chi connectivity index (χ1) is 14.7. The van der Waals surface area contributed by atoms with Gasteiger partial charge < -0.3 is 4.98 Å². The second kappa shape index (κ2) is 8.38. The van der Waals surface area contributed by atoms with E-state index in [0.29, 0.717) is 6.54 Å². The molecule has 2 N–H and O–H groups in total. The van der Waals surface area contributed by atoms with Crippen LogP contribution in [0.3, 0.4) is 0 Å². The SMILES string of the molecule is CC(C)N(OCCNS(C)(=O)=O)C(=O)[C@@H]1C=C2c3cccc4[nH]cc(c34)C[C@H]2N(C)C1. The molecule has 1 aromatic heterocycles. The molecule has 2 atom stereocenters.